The van der Waals surface area contributed by atoms with Gasteiger partial charge in [0.15, 0.2) is 5.84 Å². The average molecular weight is 843 g/mol. The molecule has 0 amide bonds. The Kier molecular flexibility index (Phi) is 7.98. The summed E-state index contributed by atoms with van der Waals surface area (Å²) in [7, 11) is 0. The van der Waals surface area contributed by atoms with Crippen LogP contribution in [0.25, 0.3) is 104 Å². The van der Waals surface area contributed by atoms with Crippen LogP contribution in [0.4, 0.5) is 0 Å². The van der Waals surface area contributed by atoms with E-state index < -0.39 is 6.17 Å². The fourth-order valence-electron chi connectivity index (χ4n) is 10.5. The number of nitrogens with one attached hydrogen (secondary N) is 1. The molecule has 1 N–H and O–H groups in total. The first kappa shape index (κ1) is 36.7. The van der Waals surface area contributed by atoms with Crippen LogP contribution >= 0.6 is 0 Å². The first-order valence-electron chi connectivity index (χ1n) is 22.5. The fourth-order valence-corrected chi connectivity index (χ4v) is 10.5. The van der Waals surface area contributed by atoms with Crippen molar-refractivity contribution in [2.24, 2.45) is 9.98 Å². The van der Waals surface area contributed by atoms with E-state index in [-0.39, 0.29) is 0 Å². The second-order valence-electron chi connectivity index (χ2n) is 17.3. The molecule has 1 aliphatic heterocycles. The SMILES string of the molecule is c1ccc2cc3c(cc2c1)c1c2ccccc2ccc1n3-c1ccc(C2=NC(c3cccc4ccccc34)NC(c3cccc4ccccc34)=N2)c(-c2ccc3oc4ccccc4c3c2)c1. The Morgan fingerprint density at radius 2 is 1.06 bits per heavy atom. The summed E-state index contributed by atoms with van der Waals surface area (Å²) in [5, 5.41) is 17.9. The van der Waals surface area contributed by atoms with Gasteiger partial charge < -0.3 is 14.3 Å². The predicted octanol–water partition coefficient (Wildman–Crippen LogP) is 15.5. The molecular formula is C61H38N4O. The maximum atomic E-state index is 6.38. The summed E-state index contributed by atoms with van der Waals surface area (Å²) >= 11 is 0. The lowest BCUT2D eigenvalue weighted by Gasteiger charge is -2.26. The van der Waals surface area contributed by atoms with Crippen LogP contribution in [-0.4, -0.2) is 16.2 Å². The van der Waals surface area contributed by atoms with Crippen LogP contribution in [0.5, 0.6) is 0 Å². The Labute approximate surface area is 379 Å². The molecule has 1 atom stereocenters. The van der Waals surface area contributed by atoms with Crippen LogP contribution < -0.4 is 5.32 Å². The minimum absolute atomic E-state index is 0.413. The van der Waals surface area contributed by atoms with E-state index >= 15 is 0 Å². The molecule has 0 saturated heterocycles. The third kappa shape index (κ3) is 5.66. The van der Waals surface area contributed by atoms with Crippen molar-refractivity contribution < 1.29 is 4.42 Å². The summed E-state index contributed by atoms with van der Waals surface area (Å²) in [6.07, 6.45) is -0.413. The molecule has 5 nitrogen and oxygen atoms in total. The third-order valence-electron chi connectivity index (χ3n) is 13.6. The Morgan fingerprint density at radius 1 is 0.409 bits per heavy atom. The van der Waals surface area contributed by atoms with E-state index in [1.165, 1.54) is 37.7 Å². The number of rotatable bonds is 5. The second-order valence-corrected chi connectivity index (χ2v) is 17.3. The summed E-state index contributed by atoms with van der Waals surface area (Å²) < 4.78 is 8.82. The van der Waals surface area contributed by atoms with E-state index in [4.69, 9.17) is 14.4 Å². The summed E-state index contributed by atoms with van der Waals surface area (Å²) in [6, 6.07) is 78.3. The van der Waals surface area contributed by atoms with Gasteiger partial charge in [0, 0.05) is 43.9 Å². The fraction of sp³-hybridized carbons (Fsp3) is 0.0164. The highest BCUT2D eigenvalue weighted by Gasteiger charge is 2.26. The molecule has 308 valence electrons. The van der Waals surface area contributed by atoms with Crippen molar-refractivity contribution in [3.8, 4) is 16.8 Å². The first-order chi connectivity index (χ1) is 32.7. The molecule has 0 bridgehead atoms. The van der Waals surface area contributed by atoms with E-state index in [0.29, 0.717) is 5.84 Å². The number of fused-ring (bicyclic) bond motifs is 11. The lowest BCUT2D eigenvalue weighted by molar-refractivity contribution is 0.669. The van der Waals surface area contributed by atoms with Crippen molar-refractivity contribution in [1.82, 2.24) is 9.88 Å². The molecule has 0 saturated carbocycles. The van der Waals surface area contributed by atoms with Crippen LogP contribution in [-0.2, 0) is 0 Å². The van der Waals surface area contributed by atoms with Crippen LogP contribution in [0.2, 0.25) is 0 Å². The quantitative estimate of drug-likeness (QED) is 0.188. The Hall–Kier alpha value is -8.80. The van der Waals surface area contributed by atoms with E-state index in [0.717, 1.165) is 88.5 Å². The van der Waals surface area contributed by atoms with Crippen molar-refractivity contribution in [2.75, 3.05) is 0 Å². The number of furan rings is 1. The predicted molar refractivity (Wildman–Crippen MR) is 275 cm³/mol. The van der Waals surface area contributed by atoms with Crippen LogP contribution in [0.3, 0.4) is 0 Å². The van der Waals surface area contributed by atoms with Crippen molar-refractivity contribution in [1.29, 1.82) is 0 Å². The number of aromatic nitrogens is 1. The van der Waals surface area contributed by atoms with Crippen LogP contribution in [0.15, 0.2) is 233 Å². The Morgan fingerprint density at radius 3 is 1.89 bits per heavy atom. The minimum atomic E-state index is -0.413. The van der Waals surface area contributed by atoms with Crippen LogP contribution in [0, 0.1) is 0 Å². The van der Waals surface area contributed by atoms with E-state index in [2.05, 4.69) is 216 Å². The van der Waals surface area contributed by atoms with Gasteiger partial charge in [-0.3, -0.25) is 0 Å². The molecule has 13 aromatic rings. The molecule has 5 heteroatoms. The standard InChI is InChI=1S/C61H38N4O/c1-2-17-41-35-55-53(33-40(41)16-1)58-46-22-8-5-15-39(46)27-31-54(58)65(55)43-29-30-50(51(36-43)42-28-32-57-52(34-42)47-23-9-10-26-56(47)66-57)61-63-59(48-24-11-18-37-13-3-6-20-44(37)48)62-60(64-61)49-25-12-19-38-14-4-7-21-45(38)49/h1-36,59H,(H,62,63,64). The smallest absolute Gasteiger partial charge is 0.160 e. The molecule has 0 radical (unpaired) electrons. The normalized spacial score (nSPS) is 14.2. The summed E-state index contributed by atoms with van der Waals surface area (Å²) in [4.78, 5) is 11.1. The maximum Gasteiger partial charge on any atom is 0.160 e. The zero-order valence-corrected chi connectivity index (χ0v) is 35.6. The zero-order chi connectivity index (χ0) is 43.3. The van der Waals surface area contributed by atoms with Gasteiger partial charge in [-0.2, -0.15) is 0 Å². The Balaban J connectivity index is 1.06. The molecule has 1 aliphatic rings. The molecule has 0 fully saturated rings. The average Bonchev–Trinajstić information content (AvgIpc) is 3.92. The molecule has 66 heavy (non-hydrogen) atoms. The summed E-state index contributed by atoms with van der Waals surface area (Å²) in [5.74, 6) is 1.44. The number of benzene rings is 11. The van der Waals surface area contributed by atoms with Gasteiger partial charge >= 0.3 is 0 Å². The number of hydrogen-bond donors (Lipinski definition) is 1. The summed E-state index contributed by atoms with van der Waals surface area (Å²) in [5.41, 5.74) is 10.2. The first-order valence-corrected chi connectivity index (χ1v) is 22.5. The topological polar surface area (TPSA) is 54.8 Å². The van der Waals surface area contributed by atoms with Gasteiger partial charge in [-0.25, -0.2) is 9.98 Å². The highest BCUT2D eigenvalue weighted by atomic mass is 16.3. The number of hydrogen-bond acceptors (Lipinski definition) is 4. The number of nitrogens with zero attached hydrogens (tertiary/aromatic N) is 3. The second kappa shape index (κ2) is 14.4. The molecule has 3 heterocycles. The lowest BCUT2D eigenvalue weighted by Crippen LogP contribution is -2.34. The van der Waals surface area contributed by atoms with Gasteiger partial charge in [0.1, 0.15) is 23.2 Å². The van der Waals surface area contributed by atoms with E-state index in [1.54, 1.807) is 0 Å². The number of amidine groups is 2. The number of aliphatic imine (C=N–C) groups is 2. The van der Waals surface area contributed by atoms with Crippen molar-refractivity contribution in [3.63, 3.8) is 0 Å². The summed E-state index contributed by atoms with van der Waals surface area (Å²) in [6.45, 7) is 0. The molecule has 0 aliphatic carbocycles. The largest absolute Gasteiger partial charge is 0.456 e. The van der Waals surface area contributed by atoms with E-state index in [9.17, 15) is 0 Å². The van der Waals surface area contributed by atoms with Crippen molar-refractivity contribution in [3.05, 3.63) is 235 Å². The number of para-hydroxylation sites is 1. The third-order valence-corrected chi connectivity index (χ3v) is 13.6. The van der Waals surface area contributed by atoms with Gasteiger partial charge in [-0.1, -0.05) is 164 Å². The molecule has 14 rings (SSSR count). The molecule has 11 aromatic carbocycles. The van der Waals surface area contributed by atoms with Gasteiger partial charge in [0.2, 0.25) is 0 Å². The monoisotopic (exact) mass is 842 g/mol. The highest BCUT2D eigenvalue weighted by molar-refractivity contribution is 6.24. The van der Waals surface area contributed by atoms with Gasteiger partial charge in [0.05, 0.1) is 11.0 Å². The van der Waals surface area contributed by atoms with Gasteiger partial charge in [-0.05, 0) is 109 Å². The molecule has 2 aromatic heterocycles. The van der Waals surface area contributed by atoms with Gasteiger partial charge in [0.25, 0.3) is 0 Å². The molecular weight excluding hydrogens is 805 g/mol. The minimum Gasteiger partial charge on any atom is -0.456 e. The van der Waals surface area contributed by atoms with Gasteiger partial charge in [-0.15, -0.1) is 0 Å². The molecule has 1 unspecified atom stereocenters. The zero-order valence-electron chi connectivity index (χ0n) is 35.6. The lowest BCUT2D eigenvalue weighted by atomic mass is 9.95. The van der Waals surface area contributed by atoms with Crippen LogP contribution in [0.1, 0.15) is 22.9 Å². The van der Waals surface area contributed by atoms with E-state index in [1.807, 2.05) is 12.1 Å². The van der Waals surface area contributed by atoms with Crippen molar-refractivity contribution >= 4 is 98.5 Å². The molecule has 0 spiro atoms. The maximum absolute atomic E-state index is 6.38. The highest BCUT2D eigenvalue weighted by Crippen LogP contribution is 2.42. The Bertz CT molecular complexity index is 4220. The van der Waals surface area contributed by atoms with Crippen molar-refractivity contribution in [2.45, 2.75) is 6.17 Å².